The van der Waals surface area contributed by atoms with Crippen LogP contribution in [0.15, 0.2) is 30.3 Å². The Labute approximate surface area is 132 Å². The summed E-state index contributed by atoms with van der Waals surface area (Å²) in [6.45, 7) is 2.85. The van der Waals surface area contributed by atoms with Crippen LogP contribution in [0.4, 0.5) is 15.8 Å². The normalized spacial score (nSPS) is 15.4. The van der Waals surface area contributed by atoms with Gasteiger partial charge in [-0.05, 0) is 12.1 Å². The average Bonchev–Trinajstić information content (AvgIpc) is 2.50. The summed E-state index contributed by atoms with van der Waals surface area (Å²) in [4.78, 5) is 4.11. The lowest BCUT2D eigenvalue weighted by Crippen LogP contribution is -2.47. The van der Waals surface area contributed by atoms with Crippen LogP contribution < -0.4 is 9.80 Å². The smallest absolute Gasteiger partial charge is 0.175 e. The van der Waals surface area contributed by atoms with Crippen molar-refractivity contribution in [3.63, 3.8) is 0 Å². The predicted octanol–water partition coefficient (Wildman–Crippen LogP) is 3.25. The Morgan fingerprint density at radius 2 is 1.52 bits per heavy atom. The first-order valence-corrected chi connectivity index (χ1v) is 7.34. The van der Waals surface area contributed by atoms with Crippen LogP contribution >= 0.6 is 23.2 Å². The van der Waals surface area contributed by atoms with Gasteiger partial charge in [0.25, 0.3) is 0 Å². The second-order valence-electron chi connectivity index (χ2n) is 4.77. The van der Waals surface area contributed by atoms with Crippen molar-refractivity contribution in [1.82, 2.24) is 10.2 Å². The Balaban J connectivity index is 1.73. The molecule has 1 aliphatic rings. The summed E-state index contributed by atoms with van der Waals surface area (Å²) in [5, 5.41) is 8.16. The van der Waals surface area contributed by atoms with E-state index in [2.05, 4.69) is 15.1 Å². The highest BCUT2D eigenvalue weighted by atomic mass is 35.5. The van der Waals surface area contributed by atoms with Gasteiger partial charge in [-0.3, -0.25) is 0 Å². The molecule has 2 heterocycles. The molecular formula is C14H13Cl2FN4. The van der Waals surface area contributed by atoms with Crippen LogP contribution in [0.2, 0.25) is 10.3 Å². The monoisotopic (exact) mass is 326 g/mol. The molecule has 1 aromatic heterocycles. The molecule has 0 radical (unpaired) electrons. The molecule has 4 nitrogen and oxygen atoms in total. The van der Waals surface area contributed by atoms with E-state index in [9.17, 15) is 4.39 Å². The van der Waals surface area contributed by atoms with E-state index < -0.39 is 0 Å². The van der Waals surface area contributed by atoms with Gasteiger partial charge in [0.15, 0.2) is 10.3 Å². The molecule has 1 aromatic carbocycles. The van der Waals surface area contributed by atoms with E-state index >= 15 is 0 Å². The summed E-state index contributed by atoms with van der Waals surface area (Å²) in [7, 11) is 0. The molecule has 3 rings (SSSR count). The van der Waals surface area contributed by atoms with Crippen molar-refractivity contribution in [2.75, 3.05) is 36.0 Å². The zero-order valence-electron chi connectivity index (χ0n) is 11.1. The van der Waals surface area contributed by atoms with Crippen LogP contribution in [0.5, 0.6) is 0 Å². The summed E-state index contributed by atoms with van der Waals surface area (Å²) >= 11 is 11.9. The number of nitrogens with zero attached hydrogens (tertiary/aromatic N) is 4. The highest BCUT2D eigenvalue weighted by Gasteiger charge is 2.21. The minimum Gasteiger partial charge on any atom is -0.366 e. The SMILES string of the molecule is Fc1ccccc1N1CCN(c2cc(Cl)nnc2Cl)CC1. The predicted molar refractivity (Wildman–Crippen MR) is 82.9 cm³/mol. The van der Waals surface area contributed by atoms with Crippen molar-refractivity contribution >= 4 is 34.6 Å². The zero-order chi connectivity index (χ0) is 14.8. The molecule has 0 unspecified atom stereocenters. The topological polar surface area (TPSA) is 32.3 Å². The summed E-state index contributed by atoms with van der Waals surface area (Å²) in [6, 6.07) is 8.51. The molecule has 0 aliphatic carbocycles. The first kappa shape index (κ1) is 14.4. The van der Waals surface area contributed by atoms with Gasteiger partial charge in [-0.2, -0.15) is 0 Å². The summed E-state index contributed by atoms with van der Waals surface area (Å²) in [6.07, 6.45) is 0. The van der Waals surface area contributed by atoms with Gasteiger partial charge in [-0.25, -0.2) is 4.39 Å². The molecule has 0 amide bonds. The number of aromatic nitrogens is 2. The fourth-order valence-electron chi connectivity index (χ4n) is 2.46. The lowest BCUT2D eigenvalue weighted by atomic mass is 10.2. The van der Waals surface area contributed by atoms with Gasteiger partial charge in [0.05, 0.1) is 11.4 Å². The molecule has 2 aromatic rings. The van der Waals surface area contributed by atoms with Crippen LogP contribution in [0.1, 0.15) is 0 Å². The van der Waals surface area contributed by atoms with Gasteiger partial charge in [0.2, 0.25) is 0 Å². The van der Waals surface area contributed by atoms with Crippen LogP contribution in [-0.2, 0) is 0 Å². The van der Waals surface area contributed by atoms with E-state index in [-0.39, 0.29) is 5.82 Å². The Morgan fingerprint density at radius 1 is 0.905 bits per heavy atom. The summed E-state index contributed by atoms with van der Waals surface area (Å²) in [5.74, 6) is -0.197. The fraction of sp³-hybridized carbons (Fsp3) is 0.286. The number of anilines is 2. The van der Waals surface area contributed by atoms with Crippen molar-refractivity contribution in [2.24, 2.45) is 0 Å². The number of rotatable bonds is 2. The van der Waals surface area contributed by atoms with Crippen molar-refractivity contribution in [1.29, 1.82) is 0 Å². The Kier molecular flexibility index (Phi) is 4.12. The minimum atomic E-state index is -0.197. The largest absolute Gasteiger partial charge is 0.366 e. The van der Waals surface area contributed by atoms with E-state index in [0.717, 1.165) is 18.8 Å². The van der Waals surface area contributed by atoms with Gasteiger partial charge in [0.1, 0.15) is 5.82 Å². The van der Waals surface area contributed by atoms with Gasteiger partial charge < -0.3 is 9.80 Å². The number of benzene rings is 1. The van der Waals surface area contributed by atoms with Crippen LogP contribution in [0.3, 0.4) is 0 Å². The molecule has 21 heavy (non-hydrogen) atoms. The standard InChI is InChI=1S/C14H13Cl2FN4/c15-13-9-12(14(16)19-18-13)21-7-5-20(6-8-21)11-4-2-1-3-10(11)17/h1-4,9H,5-8H2. The van der Waals surface area contributed by atoms with Gasteiger partial charge in [-0.1, -0.05) is 35.3 Å². The van der Waals surface area contributed by atoms with Crippen LogP contribution in [-0.4, -0.2) is 36.4 Å². The molecule has 0 atom stereocenters. The molecule has 0 saturated carbocycles. The van der Waals surface area contributed by atoms with Crippen LogP contribution in [0, 0.1) is 5.82 Å². The molecule has 0 N–H and O–H groups in total. The quantitative estimate of drug-likeness (QED) is 0.848. The lowest BCUT2D eigenvalue weighted by molar-refractivity contribution is 0.597. The van der Waals surface area contributed by atoms with Gasteiger partial charge in [0, 0.05) is 32.2 Å². The molecule has 7 heteroatoms. The van der Waals surface area contributed by atoms with Crippen molar-refractivity contribution in [3.05, 3.63) is 46.5 Å². The molecule has 1 aliphatic heterocycles. The molecule has 1 fully saturated rings. The molecule has 0 spiro atoms. The summed E-state index contributed by atoms with van der Waals surface area (Å²) < 4.78 is 13.8. The van der Waals surface area contributed by atoms with Crippen molar-refractivity contribution in [2.45, 2.75) is 0 Å². The lowest BCUT2D eigenvalue weighted by Gasteiger charge is -2.37. The number of hydrogen-bond donors (Lipinski definition) is 0. The molecular weight excluding hydrogens is 314 g/mol. The minimum absolute atomic E-state index is 0.197. The van der Waals surface area contributed by atoms with Gasteiger partial charge in [-0.15, -0.1) is 10.2 Å². The number of halogens is 3. The van der Waals surface area contributed by atoms with Crippen molar-refractivity contribution in [3.8, 4) is 0 Å². The van der Waals surface area contributed by atoms with E-state index in [4.69, 9.17) is 23.2 Å². The van der Waals surface area contributed by atoms with E-state index in [1.807, 2.05) is 11.0 Å². The fourth-order valence-corrected chi connectivity index (χ4v) is 2.82. The molecule has 0 bridgehead atoms. The number of para-hydroxylation sites is 1. The molecule has 1 saturated heterocycles. The highest BCUT2D eigenvalue weighted by Crippen LogP contribution is 2.27. The maximum atomic E-state index is 13.8. The second kappa shape index (κ2) is 6.03. The third-order valence-electron chi connectivity index (χ3n) is 3.51. The maximum Gasteiger partial charge on any atom is 0.175 e. The Morgan fingerprint density at radius 3 is 2.19 bits per heavy atom. The van der Waals surface area contributed by atoms with E-state index in [0.29, 0.717) is 29.1 Å². The van der Waals surface area contributed by atoms with E-state index in [1.165, 1.54) is 6.07 Å². The number of hydrogen-bond acceptors (Lipinski definition) is 4. The maximum absolute atomic E-state index is 13.8. The number of piperazine rings is 1. The highest BCUT2D eigenvalue weighted by molar-refractivity contribution is 6.33. The third kappa shape index (κ3) is 3.04. The van der Waals surface area contributed by atoms with E-state index in [1.54, 1.807) is 18.2 Å². The average molecular weight is 327 g/mol. The van der Waals surface area contributed by atoms with Crippen LogP contribution in [0.25, 0.3) is 0 Å². The second-order valence-corrected chi connectivity index (χ2v) is 5.51. The first-order chi connectivity index (χ1) is 10.1. The zero-order valence-corrected chi connectivity index (χ0v) is 12.6. The van der Waals surface area contributed by atoms with Gasteiger partial charge >= 0.3 is 0 Å². The van der Waals surface area contributed by atoms with Crippen molar-refractivity contribution < 1.29 is 4.39 Å². The summed E-state index contributed by atoms with van der Waals surface area (Å²) in [5.41, 5.74) is 1.40. The third-order valence-corrected chi connectivity index (χ3v) is 3.97. The first-order valence-electron chi connectivity index (χ1n) is 6.58. The molecule has 110 valence electrons. The Bertz CT molecular complexity index is 645. The Hall–Kier alpha value is -1.59.